The van der Waals surface area contributed by atoms with E-state index in [-0.39, 0.29) is 35.4 Å². The molecule has 1 aromatic heterocycles. The van der Waals surface area contributed by atoms with Crippen LogP contribution < -0.4 is 15.9 Å². The van der Waals surface area contributed by atoms with Crippen LogP contribution in [0.3, 0.4) is 0 Å². The van der Waals surface area contributed by atoms with Crippen LogP contribution in [0.15, 0.2) is 33.9 Å². The van der Waals surface area contributed by atoms with E-state index < -0.39 is 5.23 Å². The van der Waals surface area contributed by atoms with Gasteiger partial charge in [0.15, 0.2) is 17.4 Å². The minimum absolute atomic E-state index is 0.0200. The van der Waals surface area contributed by atoms with Gasteiger partial charge in [-0.3, -0.25) is 9.69 Å². The standard InChI is InChI=1S/C26H37N7O5/c1-16(2)13-18(14-27-19-7-9-21(33(35)36)24-23(19)30-38-31-24)28-25(34)20-8-10-22(32-11-3-4-12-32)26(29-20)37-15-17-5-6-17/h7-10,16-18,22,26-27,33,35H,3-6,11-15H2,1-2H3,(H,28,34). The zero-order chi connectivity index (χ0) is 26.6. The summed E-state index contributed by atoms with van der Waals surface area (Å²) in [5.74, 6) is 0.719. The number of benzene rings is 1. The molecule has 1 saturated carbocycles. The minimum atomic E-state index is -1.10. The van der Waals surface area contributed by atoms with Gasteiger partial charge in [0.2, 0.25) is 5.52 Å². The first kappa shape index (κ1) is 26.7. The maximum atomic E-state index is 13.3. The van der Waals surface area contributed by atoms with E-state index in [1.807, 2.05) is 6.08 Å². The first-order valence-corrected chi connectivity index (χ1v) is 13.5. The van der Waals surface area contributed by atoms with Gasteiger partial charge in [0.05, 0.1) is 18.3 Å². The topological polar surface area (TPSA) is 153 Å². The Kier molecular flexibility index (Phi) is 8.34. The normalized spacial score (nSPS) is 23.6. The Morgan fingerprint density at radius 1 is 1.26 bits per heavy atom. The number of aromatic nitrogens is 2. The van der Waals surface area contributed by atoms with Gasteiger partial charge in [0, 0.05) is 18.7 Å². The molecule has 1 aromatic carbocycles. The van der Waals surface area contributed by atoms with Crippen LogP contribution in [0.25, 0.3) is 11.0 Å². The average Bonchev–Trinajstić information content (AvgIpc) is 3.33. The van der Waals surface area contributed by atoms with Crippen molar-refractivity contribution in [1.29, 1.82) is 0 Å². The van der Waals surface area contributed by atoms with Crippen LogP contribution in [0.1, 0.15) is 46.0 Å². The highest BCUT2D eigenvalue weighted by Crippen LogP contribution is 2.31. The number of hydrogen-bond acceptors (Lipinski definition) is 10. The monoisotopic (exact) mass is 527 g/mol. The van der Waals surface area contributed by atoms with E-state index in [2.05, 4.69) is 45.8 Å². The summed E-state index contributed by atoms with van der Waals surface area (Å²) in [4.78, 5) is 20.5. The van der Waals surface area contributed by atoms with Crippen LogP contribution in [0.2, 0.25) is 0 Å². The van der Waals surface area contributed by atoms with Crippen LogP contribution in [0.5, 0.6) is 0 Å². The number of likely N-dealkylation sites (tertiary alicyclic amines) is 1. The van der Waals surface area contributed by atoms with Gasteiger partial charge < -0.3 is 20.6 Å². The molecule has 0 radical (unpaired) electrons. The zero-order valence-corrected chi connectivity index (χ0v) is 21.9. The van der Waals surface area contributed by atoms with Gasteiger partial charge in [-0.05, 0) is 79.5 Å². The summed E-state index contributed by atoms with van der Waals surface area (Å²) in [6, 6.07) is 2.97. The molecule has 2 aliphatic heterocycles. The number of anilines is 1. The van der Waals surface area contributed by atoms with Crippen molar-refractivity contribution in [1.82, 2.24) is 20.5 Å². The fourth-order valence-electron chi connectivity index (χ4n) is 5.11. The lowest BCUT2D eigenvalue weighted by atomic mass is 10.0. The molecule has 38 heavy (non-hydrogen) atoms. The summed E-state index contributed by atoms with van der Waals surface area (Å²) in [6.45, 7) is 7.35. The van der Waals surface area contributed by atoms with Gasteiger partial charge >= 0.3 is 0 Å². The highest BCUT2D eigenvalue weighted by atomic mass is 16.8. The van der Waals surface area contributed by atoms with Crippen LogP contribution in [0.4, 0.5) is 11.4 Å². The Hall–Kier alpha value is -2.90. The molecule has 3 heterocycles. The molecule has 2 fully saturated rings. The molecule has 1 saturated heterocycles. The van der Waals surface area contributed by atoms with Gasteiger partial charge in [-0.2, -0.15) is 5.23 Å². The number of fused-ring (bicyclic) bond motifs is 1. The Bertz CT molecular complexity index is 1170. The molecule has 0 spiro atoms. The zero-order valence-electron chi connectivity index (χ0n) is 21.9. The summed E-state index contributed by atoms with van der Waals surface area (Å²) < 4.78 is 11.0. The van der Waals surface area contributed by atoms with Crippen LogP contribution >= 0.6 is 0 Å². The molecule has 4 N–H and O–H groups in total. The molecule has 4 atom stereocenters. The molecule has 5 rings (SSSR count). The SMILES string of the molecule is CC(C)CC(CNc1ccc([NH+]([O-])O)c2nonc12)NC(=O)C1=NC(OCC2CC2)C(N2CCCC2)C=C1. The molecule has 2 aromatic rings. The van der Waals surface area contributed by atoms with E-state index in [4.69, 9.17) is 14.4 Å². The van der Waals surface area contributed by atoms with Crippen LogP contribution in [0, 0.1) is 17.0 Å². The third-order valence-corrected chi connectivity index (χ3v) is 7.28. The number of ether oxygens (including phenoxy) is 1. The number of carbonyl (C=O) groups is 1. The third-order valence-electron chi connectivity index (χ3n) is 7.28. The Balaban J connectivity index is 1.26. The van der Waals surface area contributed by atoms with Crippen LogP contribution in [-0.4, -0.2) is 76.6 Å². The lowest BCUT2D eigenvalue weighted by Crippen LogP contribution is -2.99. The number of rotatable bonds is 12. The fraction of sp³-hybridized carbons (Fsp3) is 0.615. The van der Waals surface area contributed by atoms with E-state index in [1.165, 1.54) is 31.7 Å². The van der Waals surface area contributed by atoms with Crippen molar-refractivity contribution in [2.24, 2.45) is 16.8 Å². The Labute approximate surface area is 221 Å². The van der Waals surface area contributed by atoms with Gasteiger partial charge in [0.1, 0.15) is 5.71 Å². The Morgan fingerprint density at radius 2 is 2.03 bits per heavy atom. The summed E-state index contributed by atoms with van der Waals surface area (Å²) in [7, 11) is 0. The summed E-state index contributed by atoms with van der Waals surface area (Å²) in [5, 5.41) is 33.8. The average molecular weight is 528 g/mol. The molecule has 206 valence electrons. The number of nitrogens with one attached hydrogen (secondary N) is 3. The largest absolute Gasteiger partial charge is 0.595 e. The van der Waals surface area contributed by atoms with Gasteiger partial charge in [-0.25, -0.2) is 14.8 Å². The molecule has 1 amide bonds. The number of quaternary nitrogens is 1. The van der Waals surface area contributed by atoms with Crippen molar-refractivity contribution in [3.8, 4) is 0 Å². The van der Waals surface area contributed by atoms with E-state index in [0.29, 0.717) is 41.9 Å². The van der Waals surface area contributed by atoms with Crippen molar-refractivity contribution in [2.45, 2.75) is 64.3 Å². The maximum absolute atomic E-state index is 13.3. The second kappa shape index (κ2) is 11.9. The van der Waals surface area contributed by atoms with E-state index in [1.54, 1.807) is 6.07 Å². The molecule has 12 heteroatoms. The molecule has 12 nitrogen and oxygen atoms in total. The fourth-order valence-corrected chi connectivity index (χ4v) is 5.11. The van der Waals surface area contributed by atoms with Gasteiger partial charge in [-0.1, -0.05) is 19.9 Å². The molecule has 1 aliphatic carbocycles. The van der Waals surface area contributed by atoms with Crippen molar-refractivity contribution in [3.05, 3.63) is 29.5 Å². The van der Waals surface area contributed by atoms with Crippen LogP contribution in [-0.2, 0) is 9.53 Å². The number of carbonyl (C=O) groups excluding carboxylic acids is 1. The second-order valence-electron chi connectivity index (χ2n) is 10.9. The van der Waals surface area contributed by atoms with Crippen molar-refractivity contribution in [3.63, 3.8) is 0 Å². The maximum Gasteiger partial charge on any atom is 0.269 e. The summed E-state index contributed by atoms with van der Waals surface area (Å²) in [6.07, 6.45) is 9.01. The first-order chi connectivity index (χ1) is 18.4. The van der Waals surface area contributed by atoms with E-state index in [9.17, 15) is 15.2 Å². The van der Waals surface area contributed by atoms with E-state index in [0.717, 1.165) is 19.5 Å². The predicted molar refractivity (Wildman–Crippen MR) is 141 cm³/mol. The number of dihydropyridines is 1. The quantitative estimate of drug-likeness (QED) is 0.303. The molecular weight excluding hydrogens is 490 g/mol. The lowest BCUT2D eigenvalue weighted by molar-refractivity contribution is -0.990. The minimum Gasteiger partial charge on any atom is -0.595 e. The number of amides is 1. The number of hydrogen-bond donors (Lipinski definition) is 4. The highest BCUT2D eigenvalue weighted by molar-refractivity contribution is 6.43. The summed E-state index contributed by atoms with van der Waals surface area (Å²) in [5.41, 5.74) is 1.50. The predicted octanol–water partition coefficient (Wildman–Crippen LogP) is 1.80. The molecule has 0 bridgehead atoms. The second-order valence-corrected chi connectivity index (χ2v) is 10.9. The smallest absolute Gasteiger partial charge is 0.269 e. The molecule has 4 unspecified atom stereocenters. The van der Waals surface area contributed by atoms with Gasteiger partial charge in [0.25, 0.3) is 5.91 Å². The van der Waals surface area contributed by atoms with Crippen molar-refractivity contribution < 1.29 is 24.6 Å². The third kappa shape index (κ3) is 6.38. The number of nitrogens with zero attached hydrogens (tertiary/aromatic N) is 4. The molecule has 3 aliphatic rings. The summed E-state index contributed by atoms with van der Waals surface area (Å²) >= 11 is 0. The van der Waals surface area contributed by atoms with E-state index >= 15 is 0 Å². The van der Waals surface area contributed by atoms with Gasteiger partial charge in [-0.15, -0.1) is 0 Å². The molecular formula is C26H37N7O5. The van der Waals surface area contributed by atoms with Crippen molar-refractivity contribution in [2.75, 3.05) is 31.6 Å². The van der Waals surface area contributed by atoms with Crippen molar-refractivity contribution >= 4 is 34.0 Å². The lowest BCUT2D eigenvalue weighted by Gasteiger charge is -2.32. The number of aliphatic imine (C=N–C) groups is 1. The highest BCUT2D eigenvalue weighted by Gasteiger charge is 2.33. The first-order valence-electron chi connectivity index (χ1n) is 13.5. The Morgan fingerprint density at radius 3 is 2.74 bits per heavy atom.